The zero-order valence-electron chi connectivity index (χ0n) is 15.5. The maximum Gasteiger partial charge on any atom is 0.343 e. The number of para-hydroxylation sites is 1. The van der Waals surface area contributed by atoms with Gasteiger partial charge in [-0.05, 0) is 24.6 Å². The third-order valence-electron chi connectivity index (χ3n) is 5.81. The van der Waals surface area contributed by atoms with E-state index in [0.29, 0.717) is 11.1 Å². The first-order chi connectivity index (χ1) is 13.1. The minimum atomic E-state index is -0.263. The number of hydroxylamine groups is 2. The van der Waals surface area contributed by atoms with Crippen LogP contribution in [0.4, 0.5) is 5.69 Å². The highest BCUT2D eigenvalue weighted by Crippen LogP contribution is 2.47. The monoisotopic (exact) mass is 362 g/mol. The molecule has 5 rings (SSSR count). The first-order valence-corrected chi connectivity index (χ1v) is 9.37. The Bertz CT molecular complexity index is 1050. The largest absolute Gasteiger partial charge is 0.422 e. The Morgan fingerprint density at radius 2 is 1.81 bits per heavy atom. The third kappa shape index (κ3) is 2.58. The van der Waals surface area contributed by atoms with Gasteiger partial charge in [0.25, 0.3) is 0 Å². The van der Waals surface area contributed by atoms with Gasteiger partial charge in [-0.3, -0.25) is 4.84 Å². The SMILES string of the molecule is C[C@@H]1ON(C)[C@H]2c3c(c4ccccc4oc3=O)N(Cc3ccccc3)C[C@@H]12. The predicted molar refractivity (Wildman–Crippen MR) is 105 cm³/mol. The average molecular weight is 362 g/mol. The minimum Gasteiger partial charge on any atom is -0.422 e. The van der Waals surface area contributed by atoms with Gasteiger partial charge in [0.05, 0.1) is 23.4 Å². The number of nitrogens with zero attached hydrogens (tertiary/aromatic N) is 2. The summed E-state index contributed by atoms with van der Waals surface area (Å²) < 4.78 is 5.69. The Kier molecular flexibility index (Phi) is 3.81. The molecular formula is C22H22N2O3. The van der Waals surface area contributed by atoms with Crippen molar-refractivity contribution in [2.45, 2.75) is 25.6 Å². The minimum absolute atomic E-state index is 0.0530. The molecule has 2 aliphatic heterocycles. The lowest BCUT2D eigenvalue weighted by Crippen LogP contribution is -2.42. The number of benzene rings is 2. The molecule has 0 spiro atoms. The zero-order chi connectivity index (χ0) is 18.5. The van der Waals surface area contributed by atoms with Crippen LogP contribution >= 0.6 is 0 Å². The van der Waals surface area contributed by atoms with Crippen molar-refractivity contribution in [3.63, 3.8) is 0 Å². The van der Waals surface area contributed by atoms with Crippen LogP contribution in [0.5, 0.6) is 0 Å². The van der Waals surface area contributed by atoms with Gasteiger partial charge in [0.1, 0.15) is 5.58 Å². The van der Waals surface area contributed by atoms with Crippen LogP contribution in [0.1, 0.15) is 24.1 Å². The van der Waals surface area contributed by atoms with E-state index >= 15 is 0 Å². The maximum absolute atomic E-state index is 13.0. The third-order valence-corrected chi connectivity index (χ3v) is 5.81. The van der Waals surface area contributed by atoms with Crippen LogP contribution < -0.4 is 10.5 Å². The van der Waals surface area contributed by atoms with Gasteiger partial charge < -0.3 is 9.32 Å². The van der Waals surface area contributed by atoms with E-state index in [2.05, 4.69) is 36.1 Å². The summed E-state index contributed by atoms with van der Waals surface area (Å²) in [6.07, 6.45) is 0.0530. The average Bonchev–Trinajstić information content (AvgIpc) is 2.96. The molecule has 138 valence electrons. The summed E-state index contributed by atoms with van der Waals surface area (Å²) >= 11 is 0. The Morgan fingerprint density at radius 3 is 2.63 bits per heavy atom. The maximum atomic E-state index is 13.0. The van der Waals surface area contributed by atoms with E-state index in [0.717, 1.165) is 24.2 Å². The van der Waals surface area contributed by atoms with Gasteiger partial charge in [0.15, 0.2) is 0 Å². The summed E-state index contributed by atoms with van der Waals surface area (Å²) in [5.74, 6) is 0.218. The molecule has 0 saturated carbocycles. The second kappa shape index (κ2) is 6.22. The van der Waals surface area contributed by atoms with Crippen LogP contribution in [0.25, 0.3) is 11.0 Å². The lowest BCUT2D eigenvalue weighted by molar-refractivity contribution is -0.139. The molecule has 5 heteroatoms. The molecule has 1 fully saturated rings. The fraction of sp³-hybridized carbons (Fsp3) is 0.318. The van der Waals surface area contributed by atoms with Gasteiger partial charge >= 0.3 is 5.63 Å². The molecule has 5 nitrogen and oxygen atoms in total. The number of fused-ring (bicyclic) bond motifs is 5. The fourth-order valence-electron chi connectivity index (χ4n) is 4.62. The quantitative estimate of drug-likeness (QED) is 0.650. The van der Waals surface area contributed by atoms with Crippen molar-refractivity contribution in [3.05, 3.63) is 76.1 Å². The number of rotatable bonds is 2. The molecule has 1 saturated heterocycles. The van der Waals surface area contributed by atoms with E-state index in [4.69, 9.17) is 9.25 Å². The molecular weight excluding hydrogens is 340 g/mol. The molecule has 3 aromatic rings. The second-order valence-electron chi connectivity index (χ2n) is 7.48. The van der Waals surface area contributed by atoms with Crippen molar-refractivity contribution < 1.29 is 9.25 Å². The van der Waals surface area contributed by atoms with Gasteiger partial charge in [0.2, 0.25) is 0 Å². The van der Waals surface area contributed by atoms with Crippen LogP contribution in [-0.2, 0) is 11.4 Å². The van der Waals surface area contributed by atoms with E-state index in [1.165, 1.54) is 5.56 Å². The number of hydrogen-bond donors (Lipinski definition) is 0. The fourth-order valence-corrected chi connectivity index (χ4v) is 4.62. The van der Waals surface area contributed by atoms with Crippen LogP contribution in [0.15, 0.2) is 63.8 Å². The summed E-state index contributed by atoms with van der Waals surface area (Å²) in [6, 6.07) is 18.1. The molecule has 3 atom stereocenters. The van der Waals surface area contributed by atoms with E-state index < -0.39 is 0 Å². The standard InChI is InChI=1S/C22H22N2O3/c1-14-17-13-24(12-15-8-4-3-5-9-15)21-16-10-6-7-11-18(16)26-22(25)19(21)20(17)23(2)27-14/h3-11,14,17,20H,12-13H2,1-2H3/t14-,17-,20+/m0/s1. The van der Waals surface area contributed by atoms with Crippen molar-refractivity contribution in [1.29, 1.82) is 0 Å². The van der Waals surface area contributed by atoms with Crippen molar-refractivity contribution in [1.82, 2.24) is 5.06 Å². The Balaban J connectivity index is 1.74. The van der Waals surface area contributed by atoms with Crippen molar-refractivity contribution in [2.24, 2.45) is 5.92 Å². The van der Waals surface area contributed by atoms with Crippen molar-refractivity contribution in [2.75, 3.05) is 18.5 Å². The van der Waals surface area contributed by atoms with Crippen molar-refractivity contribution in [3.8, 4) is 0 Å². The number of anilines is 1. The molecule has 27 heavy (non-hydrogen) atoms. The molecule has 0 radical (unpaired) electrons. The highest BCUT2D eigenvalue weighted by Gasteiger charge is 2.47. The Hall–Kier alpha value is -2.63. The Morgan fingerprint density at radius 1 is 1.07 bits per heavy atom. The first-order valence-electron chi connectivity index (χ1n) is 9.37. The summed E-state index contributed by atoms with van der Waals surface area (Å²) in [4.78, 5) is 21.3. The van der Waals surface area contributed by atoms with Crippen LogP contribution in [-0.4, -0.2) is 24.8 Å². The molecule has 0 N–H and O–H groups in total. The summed E-state index contributed by atoms with van der Waals surface area (Å²) in [6.45, 7) is 3.67. The van der Waals surface area contributed by atoms with Gasteiger partial charge in [-0.15, -0.1) is 0 Å². The first kappa shape index (κ1) is 16.5. The zero-order valence-corrected chi connectivity index (χ0v) is 15.5. The summed E-state index contributed by atoms with van der Waals surface area (Å²) in [5, 5.41) is 2.81. The summed E-state index contributed by atoms with van der Waals surface area (Å²) in [7, 11) is 1.91. The molecule has 1 aromatic heterocycles. The Labute approximate surface area is 157 Å². The predicted octanol–water partition coefficient (Wildman–Crippen LogP) is 3.74. The van der Waals surface area contributed by atoms with Gasteiger partial charge in [-0.1, -0.05) is 42.5 Å². The lowest BCUT2D eigenvalue weighted by atomic mass is 9.84. The molecule has 2 aliphatic rings. The molecule has 0 aliphatic carbocycles. The van der Waals surface area contributed by atoms with Crippen LogP contribution in [0.2, 0.25) is 0 Å². The molecule has 3 heterocycles. The normalized spacial score (nSPS) is 24.8. The lowest BCUT2D eigenvalue weighted by Gasteiger charge is -2.39. The topological polar surface area (TPSA) is 45.9 Å². The molecule has 0 amide bonds. The van der Waals surface area contributed by atoms with Gasteiger partial charge in [-0.2, -0.15) is 5.06 Å². The van der Waals surface area contributed by atoms with Crippen LogP contribution in [0.3, 0.4) is 0 Å². The number of hydrogen-bond acceptors (Lipinski definition) is 5. The van der Waals surface area contributed by atoms with Gasteiger partial charge in [-0.25, -0.2) is 4.79 Å². The summed E-state index contributed by atoms with van der Waals surface area (Å²) in [5.41, 5.74) is 3.29. The van der Waals surface area contributed by atoms with E-state index in [-0.39, 0.29) is 23.7 Å². The van der Waals surface area contributed by atoms with Crippen LogP contribution in [0, 0.1) is 5.92 Å². The highest BCUT2D eigenvalue weighted by atomic mass is 16.7. The van der Waals surface area contributed by atoms with E-state index in [1.54, 1.807) is 0 Å². The highest BCUT2D eigenvalue weighted by molar-refractivity contribution is 5.92. The van der Waals surface area contributed by atoms with Crippen molar-refractivity contribution >= 4 is 16.7 Å². The molecule has 0 bridgehead atoms. The molecule has 2 aromatic carbocycles. The van der Waals surface area contributed by atoms with E-state index in [9.17, 15) is 4.79 Å². The second-order valence-corrected chi connectivity index (χ2v) is 7.48. The van der Waals surface area contributed by atoms with E-state index in [1.807, 2.05) is 42.4 Å². The smallest absolute Gasteiger partial charge is 0.343 e. The molecule has 0 unspecified atom stereocenters. The van der Waals surface area contributed by atoms with Gasteiger partial charge in [0, 0.05) is 31.4 Å².